The van der Waals surface area contributed by atoms with Crippen molar-refractivity contribution in [1.29, 1.82) is 0 Å². The van der Waals surface area contributed by atoms with Crippen molar-refractivity contribution in [2.45, 2.75) is 13.8 Å². The van der Waals surface area contributed by atoms with E-state index in [1.54, 1.807) is 57.5 Å². The molecule has 9 heteroatoms. The molecule has 5 aromatic heterocycles. The van der Waals surface area contributed by atoms with Crippen molar-refractivity contribution in [1.82, 2.24) is 8.75 Å². The van der Waals surface area contributed by atoms with E-state index in [1.165, 1.54) is 11.7 Å². The van der Waals surface area contributed by atoms with Gasteiger partial charge in [-0.1, -0.05) is 36.4 Å². The molecule has 0 N–H and O–H groups in total. The topological polar surface area (TPSA) is 25.8 Å². The fourth-order valence-electron chi connectivity index (χ4n) is 5.36. The van der Waals surface area contributed by atoms with Gasteiger partial charge in [-0.2, -0.15) is 8.75 Å². The monoisotopic (exact) mass is 680 g/mol. The van der Waals surface area contributed by atoms with E-state index < -0.39 is 0 Å². The van der Waals surface area contributed by atoms with Gasteiger partial charge in [-0.25, -0.2) is 8.78 Å². The van der Waals surface area contributed by atoms with Crippen molar-refractivity contribution in [3.8, 4) is 61.3 Å². The van der Waals surface area contributed by atoms with E-state index in [-0.39, 0.29) is 11.6 Å². The summed E-state index contributed by atoms with van der Waals surface area (Å²) in [4.78, 5) is 8.57. The smallest absolute Gasteiger partial charge is 0.132 e. The molecule has 0 fully saturated rings. The summed E-state index contributed by atoms with van der Waals surface area (Å²) >= 11 is 7.85. The van der Waals surface area contributed by atoms with Gasteiger partial charge in [0.05, 0.1) is 11.7 Å². The largest absolute Gasteiger partial charge is 0.206 e. The molecule has 0 radical (unpaired) electrons. The van der Waals surface area contributed by atoms with Gasteiger partial charge in [0, 0.05) is 61.3 Å². The van der Waals surface area contributed by atoms with Crippen molar-refractivity contribution < 1.29 is 8.78 Å². The van der Waals surface area contributed by atoms with Crippen LogP contribution >= 0.6 is 57.1 Å². The molecule has 2 nitrogen and oxygen atoms in total. The second-order valence-electron chi connectivity index (χ2n) is 10.7. The second-order valence-corrected chi connectivity index (χ2v) is 15.6. The molecule has 0 spiro atoms. The maximum atomic E-state index is 14.6. The lowest BCUT2D eigenvalue weighted by Gasteiger charge is -2.03. The number of halogens is 2. The van der Waals surface area contributed by atoms with Gasteiger partial charge in [0.25, 0.3) is 0 Å². The summed E-state index contributed by atoms with van der Waals surface area (Å²) in [6.07, 6.45) is 0. The minimum atomic E-state index is -0.190. The van der Waals surface area contributed by atoms with Crippen LogP contribution in [0.15, 0.2) is 97.1 Å². The van der Waals surface area contributed by atoms with Crippen molar-refractivity contribution in [3.05, 3.63) is 120 Å². The van der Waals surface area contributed by atoms with Crippen LogP contribution in [-0.2, 0) is 0 Å². The first kappa shape index (κ1) is 28.6. The molecule has 8 aromatic rings. The van der Waals surface area contributed by atoms with E-state index in [0.29, 0.717) is 11.1 Å². The SMILES string of the molecule is Cc1ccc(-c2ccc(-c3ccc(-c4ccc(-c5ccc(-c6ccc(-c7ccc(C)cc7F)s6)s5)c5nsnc45)s3)s2)c(F)c1. The molecule has 0 aliphatic carbocycles. The van der Waals surface area contributed by atoms with Crippen LogP contribution in [0, 0.1) is 25.5 Å². The molecular formula is C36H22F2N2S5. The summed E-state index contributed by atoms with van der Waals surface area (Å²) in [7, 11) is 0. The van der Waals surface area contributed by atoms with Crippen molar-refractivity contribution >= 4 is 68.1 Å². The lowest BCUT2D eigenvalue weighted by Crippen LogP contribution is -1.82. The number of thiophene rings is 4. The first-order valence-electron chi connectivity index (χ1n) is 14.1. The first-order valence-corrected chi connectivity index (χ1v) is 18.1. The Morgan fingerprint density at radius 2 is 0.711 bits per heavy atom. The number of aryl methyl sites for hydroxylation is 2. The van der Waals surface area contributed by atoms with Crippen LogP contribution in [0.1, 0.15) is 11.1 Å². The van der Waals surface area contributed by atoms with E-state index in [2.05, 4.69) is 48.5 Å². The van der Waals surface area contributed by atoms with Crippen LogP contribution in [0.5, 0.6) is 0 Å². The number of nitrogens with zero attached hydrogens (tertiary/aromatic N) is 2. The molecule has 3 aromatic carbocycles. The minimum absolute atomic E-state index is 0.190. The standard InChI is InChI=1S/C36H22F2N2S5/c1-19-3-5-21(25(37)17-19)27-9-13-31(41-27)33-15-11-29(43-33)23-7-8-24(36-35(23)39-45-40-36)30-12-16-34(44-30)32-14-10-28(42-32)22-6-4-20(2)18-26(22)38/h3-18H,1-2H3. The van der Waals surface area contributed by atoms with Gasteiger partial charge in [-0.05, 0) is 85.6 Å². The fraction of sp³-hybridized carbons (Fsp3) is 0.0556. The van der Waals surface area contributed by atoms with Gasteiger partial charge in [-0.15, -0.1) is 45.3 Å². The highest BCUT2D eigenvalue weighted by Gasteiger charge is 2.18. The molecular weight excluding hydrogens is 659 g/mol. The van der Waals surface area contributed by atoms with Gasteiger partial charge < -0.3 is 0 Å². The summed E-state index contributed by atoms with van der Waals surface area (Å²) in [6.45, 7) is 3.80. The average molecular weight is 681 g/mol. The van der Waals surface area contributed by atoms with Gasteiger partial charge in [0.15, 0.2) is 0 Å². The molecule has 0 saturated heterocycles. The predicted molar refractivity (Wildman–Crippen MR) is 191 cm³/mol. The van der Waals surface area contributed by atoms with E-state index in [1.807, 2.05) is 50.2 Å². The first-order chi connectivity index (χ1) is 21.9. The quantitative estimate of drug-likeness (QED) is 0.175. The Bertz CT molecular complexity index is 2190. The van der Waals surface area contributed by atoms with E-state index in [4.69, 9.17) is 8.75 Å². The Balaban J connectivity index is 1.08. The summed E-state index contributed by atoms with van der Waals surface area (Å²) in [5.41, 5.74) is 6.99. The van der Waals surface area contributed by atoms with Crippen molar-refractivity contribution in [2.75, 3.05) is 0 Å². The molecule has 5 heterocycles. The molecule has 0 bridgehead atoms. The molecule has 0 saturated carbocycles. The van der Waals surface area contributed by atoms with Gasteiger partial charge in [-0.3, -0.25) is 0 Å². The van der Waals surface area contributed by atoms with Gasteiger partial charge >= 0.3 is 0 Å². The number of hydrogen-bond acceptors (Lipinski definition) is 7. The zero-order valence-corrected chi connectivity index (χ0v) is 28.0. The fourth-order valence-corrected chi connectivity index (χ4v) is 10.2. The second kappa shape index (κ2) is 11.5. The summed E-state index contributed by atoms with van der Waals surface area (Å²) < 4.78 is 38.6. The molecule has 0 aliphatic rings. The van der Waals surface area contributed by atoms with Crippen LogP contribution in [0.3, 0.4) is 0 Å². The Hall–Kier alpha value is -3.86. The number of aromatic nitrogens is 2. The number of hydrogen-bond donors (Lipinski definition) is 0. The zero-order valence-electron chi connectivity index (χ0n) is 23.9. The summed E-state index contributed by atoms with van der Waals surface area (Å²) in [5, 5.41) is 0. The molecule has 220 valence electrons. The average Bonchev–Trinajstić information content (AvgIpc) is 3.86. The highest BCUT2D eigenvalue weighted by atomic mass is 32.1. The van der Waals surface area contributed by atoms with E-state index >= 15 is 0 Å². The van der Waals surface area contributed by atoms with Gasteiger partial charge in [0.2, 0.25) is 0 Å². The van der Waals surface area contributed by atoms with Crippen LogP contribution in [0.4, 0.5) is 8.78 Å². The third-order valence-electron chi connectivity index (χ3n) is 7.64. The van der Waals surface area contributed by atoms with Gasteiger partial charge in [0.1, 0.15) is 22.7 Å². The lowest BCUT2D eigenvalue weighted by molar-refractivity contribution is 0.630. The third kappa shape index (κ3) is 5.28. The number of fused-ring (bicyclic) bond motifs is 1. The molecule has 0 amide bonds. The predicted octanol–water partition coefficient (Wildman–Crippen LogP) is 12.8. The number of rotatable bonds is 6. The van der Waals surface area contributed by atoms with Crippen LogP contribution < -0.4 is 0 Å². The maximum absolute atomic E-state index is 14.6. The zero-order chi connectivity index (χ0) is 30.7. The lowest BCUT2D eigenvalue weighted by atomic mass is 10.1. The highest BCUT2D eigenvalue weighted by molar-refractivity contribution is 7.26. The molecule has 0 unspecified atom stereocenters. The minimum Gasteiger partial charge on any atom is -0.206 e. The van der Waals surface area contributed by atoms with E-state index in [0.717, 1.165) is 72.3 Å². The Labute approximate surface area is 278 Å². The molecule has 0 aliphatic heterocycles. The van der Waals surface area contributed by atoms with Crippen LogP contribution in [0.2, 0.25) is 0 Å². The Morgan fingerprint density at radius 3 is 1.07 bits per heavy atom. The Morgan fingerprint density at radius 1 is 0.400 bits per heavy atom. The van der Waals surface area contributed by atoms with Crippen molar-refractivity contribution in [3.63, 3.8) is 0 Å². The highest BCUT2D eigenvalue weighted by Crippen LogP contribution is 2.45. The number of benzene rings is 3. The van der Waals surface area contributed by atoms with Crippen LogP contribution in [-0.4, -0.2) is 8.75 Å². The summed E-state index contributed by atoms with van der Waals surface area (Å²) in [6, 6.07) is 31.7. The van der Waals surface area contributed by atoms with Crippen molar-refractivity contribution in [2.24, 2.45) is 0 Å². The maximum Gasteiger partial charge on any atom is 0.132 e. The molecule has 8 rings (SSSR count). The molecule has 45 heavy (non-hydrogen) atoms. The summed E-state index contributed by atoms with van der Waals surface area (Å²) in [5.74, 6) is -0.381. The normalized spacial score (nSPS) is 11.6. The third-order valence-corrected chi connectivity index (χ3v) is 13.0. The van der Waals surface area contributed by atoms with Crippen LogP contribution in [0.25, 0.3) is 72.3 Å². The van der Waals surface area contributed by atoms with E-state index in [9.17, 15) is 8.78 Å². The Kier molecular flexibility index (Phi) is 7.31. The molecule has 0 atom stereocenters.